The summed E-state index contributed by atoms with van der Waals surface area (Å²) in [5.74, 6) is -0.349. The molecule has 0 radical (unpaired) electrons. The molecule has 0 saturated carbocycles. The first kappa shape index (κ1) is 11.2. The zero-order chi connectivity index (χ0) is 11.4. The quantitative estimate of drug-likeness (QED) is 0.540. The lowest BCUT2D eigenvalue weighted by atomic mass is 9.77. The van der Waals surface area contributed by atoms with Crippen LogP contribution in [-0.2, 0) is 14.0 Å². The minimum absolute atomic E-state index is 0.349. The average molecular weight is 220 g/mol. The molecule has 1 aliphatic rings. The number of carbonyl (C=O) groups excluding carboxylic acids is 1. The monoisotopic (exact) mass is 220 g/mol. The maximum Gasteiger partial charge on any atom is 0.493 e. The molecule has 84 valence electrons. The third-order valence-corrected chi connectivity index (χ3v) is 2.41. The molecule has 0 unspecified atom stereocenters. The number of rotatable bonds is 2. The van der Waals surface area contributed by atoms with Crippen molar-refractivity contribution >= 4 is 18.6 Å². The normalized spacial score (nSPS) is 15.9. The smallest absolute Gasteiger partial charge is 0.465 e. The molecule has 0 spiro atoms. The molecule has 4 nitrogen and oxygen atoms in total. The third-order valence-electron chi connectivity index (χ3n) is 2.41. The molecule has 5 heteroatoms. The second-order valence-corrected chi connectivity index (χ2v) is 3.54. The lowest BCUT2D eigenvalue weighted by Gasteiger charge is -2.20. The highest BCUT2D eigenvalue weighted by atomic mass is 16.6. The molecule has 0 amide bonds. The topological polar surface area (TPSA) is 44.8 Å². The fourth-order valence-electron chi connectivity index (χ4n) is 1.61. The second kappa shape index (κ2) is 5.14. The van der Waals surface area contributed by atoms with Crippen LogP contribution in [0.25, 0.3) is 0 Å². The fourth-order valence-corrected chi connectivity index (χ4v) is 1.61. The standard InChI is InChI=1S/C11H13BO4/c1-14-11(13)9-4-2-5-10(8-9)12-15-6-3-7-16-12/h2,4-5,8H,3,6-7H2,1H3. The molecule has 1 saturated heterocycles. The zero-order valence-corrected chi connectivity index (χ0v) is 9.14. The lowest BCUT2D eigenvalue weighted by molar-refractivity contribution is 0.0601. The van der Waals surface area contributed by atoms with Crippen molar-refractivity contribution in [3.8, 4) is 0 Å². The van der Waals surface area contributed by atoms with Crippen LogP contribution in [0.15, 0.2) is 24.3 Å². The molecular formula is C11H13BO4. The Kier molecular flexibility index (Phi) is 3.59. The number of ether oxygens (including phenoxy) is 1. The summed E-state index contributed by atoms with van der Waals surface area (Å²) in [4.78, 5) is 11.3. The van der Waals surface area contributed by atoms with Crippen LogP contribution < -0.4 is 5.46 Å². The number of methoxy groups -OCH3 is 1. The fraction of sp³-hybridized carbons (Fsp3) is 0.364. The Morgan fingerprint density at radius 3 is 2.81 bits per heavy atom. The minimum Gasteiger partial charge on any atom is -0.465 e. The maximum absolute atomic E-state index is 11.3. The summed E-state index contributed by atoms with van der Waals surface area (Å²) >= 11 is 0. The Bertz CT molecular complexity index is 374. The van der Waals surface area contributed by atoms with Gasteiger partial charge in [0.1, 0.15) is 0 Å². The largest absolute Gasteiger partial charge is 0.493 e. The van der Waals surface area contributed by atoms with Gasteiger partial charge in [0.25, 0.3) is 0 Å². The van der Waals surface area contributed by atoms with E-state index in [9.17, 15) is 4.79 Å². The highest BCUT2D eigenvalue weighted by Crippen LogP contribution is 2.05. The molecule has 1 aromatic rings. The lowest BCUT2D eigenvalue weighted by Crippen LogP contribution is -2.41. The van der Waals surface area contributed by atoms with E-state index in [-0.39, 0.29) is 13.1 Å². The third kappa shape index (κ3) is 2.43. The summed E-state index contributed by atoms with van der Waals surface area (Å²) in [7, 11) is 1.00. The predicted octanol–water partition coefficient (Wildman–Crippen LogP) is 0.605. The number of esters is 1. The van der Waals surface area contributed by atoms with Gasteiger partial charge in [-0.25, -0.2) is 4.79 Å². The highest BCUT2D eigenvalue weighted by Gasteiger charge is 2.25. The molecule has 0 bridgehead atoms. The molecule has 0 aliphatic carbocycles. The van der Waals surface area contributed by atoms with E-state index in [1.807, 2.05) is 6.07 Å². The van der Waals surface area contributed by atoms with Crippen molar-refractivity contribution in [3.63, 3.8) is 0 Å². The Hall–Kier alpha value is -1.33. The van der Waals surface area contributed by atoms with E-state index in [0.717, 1.165) is 11.9 Å². The molecule has 16 heavy (non-hydrogen) atoms. The number of benzene rings is 1. The van der Waals surface area contributed by atoms with Crippen LogP contribution in [-0.4, -0.2) is 33.4 Å². The van der Waals surface area contributed by atoms with Gasteiger partial charge in [-0.1, -0.05) is 12.1 Å². The van der Waals surface area contributed by atoms with Crippen molar-refractivity contribution in [2.75, 3.05) is 20.3 Å². The van der Waals surface area contributed by atoms with Crippen molar-refractivity contribution in [2.45, 2.75) is 6.42 Å². The minimum atomic E-state index is -0.363. The van der Waals surface area contributed by atoms with Gasteiger partial charge in [0.2, 0.25) is 0 Å². The van der Waals surface area contributed by atoms with Gasteiger partial charge in [-0.3, -0.25) is 0 Å². The summed E-state index contributed by atoms with van der Waals surface area (Å²) in [6.07, 6.45) is 0.910. The Morgan fingerprint density at radius 1 is 1.38 bits per heavy atom. The van der Waals surface area contributed by atoms with Gasteiger partial charge in [-0.15, -0.1) is 0 Å². The van der Waals surface area contributed by atoms with Crippen molar-refractivity contribution in [1.29, 1.82) is 0 Å². The molecule has 1 aromatic carbocycles. The van der Waals surface area contributed by atoms with E-state index in [1.165, 1.54) is 7.11 Å². The van der Waals surface area contributed by atoms with Crippen LogP contribution in [0.5, 0.6) is 0 Å². The molecule has 1 fully saturated rings. The number of hydrogen-bond donors (Lipinski definition) is 0. The van der Waals surface area contributed by atoms with Gasteiger partial charge < -0.3 is 14.0 Å². The highest BCUT2D eigenvalue weighted by molar-refractivity contribution is 6.61. The number of hydrogen-bond acceptors (Lipinski definition) is 4. The van der Waals surface area contributed by atoms with Gasteiger partial charge in [-0.2, -0.15) is 0 Å². The predicted molar refractivity (Wildman–Crippen MR) is 59.7 cm³/mol. The van der Waals surface area contributed by atoms with Crippen LogP contribution in [0.4, 0.5) is 0 Å². The van der Waals surface area contributed by atoms with Gasteiger partial charge in [0, 0.05) is 13.2 Å². The Labute approximate surface area is 94.6 Å². The van der Waals surface area contributed by atoms with Crippen molar-refractivity contribution in [2.24, 2.45) is 0 Å². The van der Waals surface area contributed by atoms with E-state index < -0.39 is 0 Å². The first-order chi connectivity index (χ1) is 7.81. The summed E-state index contributed by atoms with van der Waals surface area (Å²) in [5.41, 5.74) is 1.36. The van der Waals surface area contributed by atoms with E-state index in [2.05, 4.69) is 4.74 Å². The van der Waals surface area contributed by atoms with Gasteiger partial charge in [0.05, 0.1) is 12.7 Å². The van der Waals surface area contributed by atoms with E-state index in [0.29, 0.717) is 18.8 Å². The SMILES string of the molecule is COC(=O)c1cccc(B2OCCCO2)c1. The van der Waals surface area contributed by atoms with Crippen LogP contribution in [0, 0.1) is 0 Å². The Morgan fingerprint density at radius 2 is 2.12 bits per heavy atom. The first-order valence-corrected chi connectivity index (χ1v) is 5.23. The van der Waals surface area contributed by atoms with Gasteiger partial charge >= 0.3 is 13.1 Å². The molecule has 1 heterocycles. The van der Waals surface area contributed by atoms with Crippen LogP contribution in [0.2, 0.25) is 0 Å². The van der Waals surface area contributed by atoms with Gasteiger partial charge in [0.15, 0.2) is 0 Å². The van der Waals surface area contributed by atoms with E-state index in [4.69, 9.17) is 9.31 Å². The summed E-state index contributed by atoms with van der Waals surface area (Å²) < 4.78 is 15.6. The molecule has 0 atom stereocenters. The summed E-state index contributed by atoms with van der Waals surface area (Å²) in [6.45, 7) is 1.38. The Balaban J connectivity index is 2.17. The molecular weight excluding hydrogens is 207 g/mol. The van der Waals surface area contributed by atoms with Crippen LogP contribution in [0.1, 0.15) is 16.8 Å². The zero-order valence-electron chi connectivity index (χ0n) is 9.14. The van der Waals surface area contributed by atoms with Crippen LogP contribution in [0.3, 0.4) is 0 Å². The average Bonchev–Trinajstić information content (AvgIpc) is 2.39. The molecule has 2 rings (SSSR count). The second-order valence-electron chi connectivity index (χ2n) is 3.54. The van der Waals surface area contributed by atoms with Crippen molar-refractivity contribution < 1.29 is 18.8 Å². The van der Waals surface area contributed by atoms with Crippen molar-refractivity contribution in [3.05, 3.63) is 29.8 Å². The molecule has 1 aliphatic heterocycles. The van der Waals surface area contributed by atoms with Gasteiger partial charge in [-0.05, 0) is 24.0 Å². The van der Waals surface area contributed by atoms with E-state index >= 15 is 0 Å². The molecule has 0 N–H and O–H groups in total. The summed E-state index contributed by atoms with van der Waals surface area (Å²) in [5, 5.41) is 0. The summed E-state index contributed by atoms with van der Waals surface area (Å²) in [6, 6.07) is 7.12. The van der Waals surface area contributed by atoms with E-state index in [1.54, 1.807) is 18.2 Å². The number of carbonyl (C=O) groups is 1. The van der Waals surface area contributed by atoms with Crippen LogP contribution >= 0.6 is 0 Å². The van der Waals surface area contributed by atoms with Crippen molar-refractivity contribution in [1.82, 2.24) is 0 Å². The maximum atomic E-state index is 11.3. The first-order valence-electron chi connectivity index (χ1n) is 5.23. The molecule has 0 aromatic heterocycles.